The van der Waals surface area contributed by atoms with Gasteiger partial charge in [0.05, 0.1) is 17.3 Å². The monoisotopic (exact) mass is 343 g/mol. The van der Waals surface area contributed by atoms with Crippen LogP contribution in [0, 0.1) is 13.8 Å². The van der Waals surface area contributed by atoms with Gasteiger partial charge < -0.3 is 9.47 Å². The Labute approximate surface area is 148 Å². The van der Waals surface area contributed by atoms with Crippen LogP contribution < -0.4 is 9.47 Å². The van der Waals surface area contributed by atoms with Gasteiger partial charge in [-0.3, -0.25) is 4.99 Å². The maximum Gasteiger partial charge on any atom is 0.180 e. The van der Waals surface area contributed by atoms with Crippen LogP contribution in [0.15, 0.2) is 48.0 Å². The van der Waals surface area contributed by atoms with Gasteiger partial charge in [-0.15, -0.1) is 0 Å². The van der Waals surface area contributed by atoms with Crippen LogP contribution in [0.1, 0.15) is 23.6 Å². The minimum absolute atomic E-state index is 0.371. The lowest BCUT2D eigenvalue weighted by Crippen LogP contribution is -2.00. The second kappa shape index (κ2) is 8.55. The number of aliphatic imine (C=N–C) groups is 1. The van der Waals surface area contributed by atoms with Crippen LogP contribution in [0.2, 0.25) is 5.02 Å². The third-order valence-corrected chi connectivity index (χ3v) is 3.89. The maximum atomic E-state index is 6.34. The number of hydrogen-bond donors (Lipinski definition) is 0. The number of nitrogens with zero attached hydrogens (tertiary/aromatic N) is 1. The molecule has 0 N–H and O–H groups in total. The third kappa shape index (κ3) is 4.39. The van der Waals surface area contributed by atoms with Crippen LogP contribution in [0.4, 0.5) is 5.69 Å². The molecule has 2 aromatic carbocycles. The van der Waals surface area contributed by atoms with Crippen molar-refractivity contribution in [1.82, 2.24) is 0 Å². The fourth-order valence-electron chi connectivity index (χ4n) is 2.23. The van der Waals surface area contributed by atoms with Crippen LogP contribution in [-0.2, 0) is 0 Å². The summed E-state index contributed by atoms with van der Waals surface area (Å²) in [7, 11) is 0. The van der Waals surface area contributed by atoms with Crippen LogP contribution in [0.5, 0.6) is 11.5 Å². The van der Waals surface area contributed by atoms with Gasteiger partial charge >= 0.3 is 0 Å². The zero-order chi connectivity index (χ0) is 17.5. The predicted octanol–water partition coefficient (Wildman–Crippen LogP) is 5.67. The fraction of sp³-hybridized carbons (Fsp3) is 0.250. The van der Waals surface area contributed by atoms with Crippen LogP contribution in [0.3, 0.4) is 0 Å². The molecular formula is C20H22ClNO2. The van der Waals surface area contributed by atoms with E-state index in [1.54, 1.807) is 12.3 Å². The van der Waals surface area contributed by atoms with Gasteiger partial charge in [0.2, 0.25) is 0 Å². The largest absolute Gasteiger partial charge is 0.490 e. The van der Waals surface area contributed by atoms with Crippen LogP contribution in [-0.4, -0.2) is 19.4 Å². The molecule has 0 fully saturated rings. The fourth-order valence-corrected chi connectivity index (χ4v) is 2.50. The first-order valence-electron chi connectivity index (χ1n) is 7.87. The first-order chi connectivity index (χ1) is 11.6. The van der Waals surface area contributed by atoms with Crippen molar-refractivity contribution >= 4 is 23.5 Å². The van der Waals surface area contributed by atoms with Crippen molar-refractivity contribution in [1.29, 1.82) is 0 Å². The van der Waals surface area contributed by atoms with Gasteiger partial charge in [-0.05, 0) is 55.7 Å². The van der Waals surface area contributed by atoms with E-state index < -0.39 is 0 Å². The van der Waals surface area contributed by atoms with E-state index in [2.05, 4.69) is 31.5 Å². The Morgan fingerprint density at radius 1 is 1.21 bits per heavy atom. The molecule has 0 bridgehead atoms. The number of hydrogen-bond acceptors (Lipinski definition) is 3. The van der Waals surface area contributed by atoms with E-state index in [1.807, 2.05) is 31.2 Å². The quantitative estimate of drug-likeness (QED) is 0.479. The van der Waals surface area contributed by atoms with E-state index in [0.717, 1.165) is 16.8 Å². The van der Waals surface area contributed by atoms with Crippen molar-refractivity contribution in [3.63, 3.8) is 0 Å². The lowest BCUT2D eigenvalue weighted by molar-refractivity contribution is 0.297. The summed E-state index contributed by atoms with van der Waals surface area (Å²) in [5.41, 5.74) is 4.17. The van der Waals surface area contributed by atoms with E-state index in [9.17, 15) is 0 Å². The first kappa shape index (κ1) is 18.1. The molecule has 0 heterocycles. The number of aryl methyl sites for hydroxylation is 1. The Balaban J connectivity index is 2.35. The van der Waals surface area contributed by atoms with Crippen LogP contribution in [0.25, 0.3) is 0 Å². The molecule has 4 heteroatoms. The number of halogens is 1. The van der Waals surface area contributed by atoms with Gasteiger partial charge in [0.1, 0.15) is 6.61 Å². The van der Waals surface area contributed by atoms with Crippen molar-refractivity contribution in [3.05, 3.63) is 64.7 Å². The minimum Gasteiger partial charge on any atom is -0.490 e. The standard InChI is InChI=1S/C20H22ClNO2/c1-5-10-24-20-17(21)11-16(12-19(20)23-6-2)13-22-18-9-7-8-14(3)15(18)4/h5,7-9,11-13H,1,6,10H2,2-4H3. The van der Waals surface area contributed by atoms with Gasteiger partial charge in [0.15, 0.2) is 11.5 Å². The van der Waals surface area contributed by atoms with E-state index >= 15 is 0 Å². The molecule has 2 aromatic rings. The molecule has 0 amide bonds. The molecule has 0 spiro atoms. The summed E-state index contributed by atoms with van der Waals surface area (Å²) in [5.74, 6) is 1.14. The molecule has 0 radical (unpaired) electrons. The average Bonchev–Trinajstić information content (AvgIpc) is 2.56. The summed E-state index contributed by atoms with van der Waals surface area (Å²) in [5, 5.41) is 0.491. The van der Waals surface area contributed by atoms with Gasteiger partial charge in [0, 0.05) is 6.21 Å². The Morgan fingerprint density at radius 3 is 2.71 bits per heavy atom. The molecule has 0 saturated carbocycles. The molecule has 3 nitrogen and oxygen atoms in total. The molecule has 126 valence electrons. The predicted molar refractivity (Wildman–Crippen MR) is 101 cm³/mol. The molecular weight excluding hydrogens is 322 g/mol. The molecule has 0 saturated heterocycles. The zero-order valence-corrected chi connectivity index (χ0v) is 15.1. The number of ether oxygens (including phenoxy) is 2. The summed E-state index contributed by atoms with van der Waals surface area (Å²) in [6.45, 7) is 10.6. The highest BCUT2D eigenvalue weighted by molar-refractivity contribution is 6.32. The molecule has 2 rings (SSSR count). The van der Waals surface area contributed by atoms with Crippen molar-refractivity contribution in [2.24, 2.45) is 4.99 Å². The zero-order valence-electron chi connectivity index (χ0n) is 14.3. The molecule has 0 aromatic heterocycles. The minimum atomic E-state index is 0.371. The number of rotatable bonds is 7. The van der Waals surface area contributed by atoms with Crippen molar-refractivity contribution < 1.29 is 9.47 Å². The molecule has 0 aliphatic carbocycles. The SMILES string of the molecule is C=CCOc1c(Cl)cc(C=Nc2cccc(C)c2C)cc1OCC. The van der Waals surface area contributed by atoms with Gasteiger partial charge in [-0.1, -0.05) is 36.4 Å². The Morgan fingerprint density at radius 2 is 2.00 bits per heavy atom. The lowest BCUT2D eigenvalue weighted by Gasteiger charge is -2.13. The number of benzene rings is 2. The van der Waals surface area contributed by atoms with Gasteiger partial charge in [-0.2, -0.15) is 0 Å². The summed E-state index contributed by atoms with van der Waals surface area (Å²) >= 11 is 6.34. The first-order valence-corrected chi connectivity index (χ1v) is 8.25. The summed E-state index contributed by atoms with van der Waals surface area (Å²) in [6.07, 6.45) is 3.45. The average molecular weight is 344 g/mol. The highest BCUT2D eigenvalue weighted by Crippen LogP contribution is 2.36. The summed E-state index contributed by atoms with van der Waals surface area (Å²) in [6, 6.07) is 9.76. The van der Waals surface area contributed by atoms with Gasteiger partial charge in [-0.25, -0.2) is 0 Å². The Bertz CT molecular complexity index is 754. The molecule has 24 heavy (non-hydrogen) atoms. The van der Waals surface area contributed by atoms with Crippen molar-refractivity contribution in [3.8, 4) is 11.5 Å². The molecule has 0 atom stereocenters. The van der Waals surface area contributed by atoms with Gasteiger partial charge in [0.25, 0.3) is 0 Å². The molecule has 0 unspecified atom stereocenters. The maximum absolute atomic E-state index is 6.34. The molecule has 0 aliphatic heterocycles. The second-order valence-corrected chi connectivity index (χ2v) is 5.75. The van der Waals surface area contributed by atoms with E-state index in [0.29, 0.717) is 29.7 Å². The highest BCUT2D eigenvalue weighted by Gasteiger charge is 2.11. The smallest absolute Gasteiger partial charge is 0.180 e. The van der Waals surface area contributed by atoms with E-state index in [-0.39, 0.29) is 0 Å². The van der Waals surface area contributed by atoms with E-state index in [1.165, 1.54) is 5.56 Å². The topological polar surface area (TPSA) is 30.8 Å². The Kier molecular flexibility index (Phi) is 6.44. The highest BCUT2D eigenvalue weighted by atomic mass is 35.5. The van der Waals surface area contributed by atoms with Crippen molar-refractivity contribution in [2.75, 3.05) is 13.2 Å². The second-order valence-electron chi connectivity index (χ2n) is 5.34. The lowest BCUT2D eigenvalue weighted by atomic mass is 10.1. The Hall–Kier alpha value is -2.26. The molecule has 0 aliphatic rings. The van der Waals surface area contributed by atoms with Crippen molar-refractivity contribution in [2.45, 2.75) is 20.8 Å². The summed E-state index contributed by atoms with van der Waals surface area (Å²) in [4.78, 5) is 4.57. The van der Waals surface area contributed by atoms with E-state index in [4.69, 9.17) is 21.1 Å². The third-order valence-electron chi connectivity index (χ3n) is 3.61. The normalized spacial score (nSPS) is 10.8. The summed E-state index contributed by atoms with van der Waals surface area (Å²) < 4.78 is 11.2. The van der Waals surface area contributed by atoms with Crippen LogP contribution >= 0.6 is 11.6 Å².